The maximum absolute atomic E-state index is 12.6. The summed E-state index contributed by atoms with van der Waals surface area (Å²) in [6.07, 6.45) is 8.96. The van der Waals surface area contributed by atoms with Crippen LogP contribution in [0.4, 0.5) is 0 Å². The monoisotopic (exact) mass is 338 g/mol. The molecular weight excluding hydrogens is 312 g/mol. The minimum Gasteiger partial charge on any atom is -0.286 e. The highest BCUT2D eigenvalue weighted by atomic mass is 16.2. The van der Waals surface area contributed by atoms with Crippen molar-refractivity contribution in [2.75, 3.05) is 19.8 Å². The summed E-state index contributed by atoms with van der Waals surface area (Å²) in [5, 5.41) is 0. The number of nitrogens with zero attached hydrogens (tertiary/aromatic N) is 2. The van der Waals surface area contributed by atoms with Gasteiger partial charge in [0.1, 0.15) is 0 Å². The van der Waals surface area contributed by atoms with Gasteiger partial charge in [0.15, 0.2) is 0 Å². The predicted octanol–water partition coefficient (Wildman–Crippen LogP) is 2.85. The van der Waals surface area contributed by atoms with E-state index in [4.69, 9.17) is 0 Å². The van der Waals surface area contributed by atoms with Crippen molar-refractivity contribution in [3.05, 3.63) is 48.0 Å². The Hall–Kier alpha value is -1.94. The largest absolute Gasteiger partial charge is 0.286 e. The molecule has 0 saturated carbocycles. The lowest BCUT2D eigenvalue weighted by molar-refractivity contribution is -0.142. The minimum absolute atomic E-state index is 0.0470. The van der Waals surface area contributed by atoms with Crippen LogP contribution >= 0.6 is 0 Å². The first kappa shape index (κ1) is 16.5. The average molecular weight is 338 g/mol. The van der Waals surface area contributed by atoms with Gasteiger partial charge in [0.05, 0.1) is 18.5 Å². The van der Waals surface area contributed by atoms with Gasteiger partial charge in [0.25, 0.3) is 0 Å². The molecule has 4 rings (SSSR count). The zero-order valence-electron chi connectivity index (χ0n) is 14.6. The van der Waals surface area contributed by atoms with Gasteiger partial charge in [-0.2, -0.15) is 0 Å². The van der Waals surface area contributed by atoms with Gasteiger partial charge in [-0.1, -0.05) is 42.5 Å². The summed E-state index contributed by atoms with van der Waals surface area (Å²) < 4.78 is 0. The molecule has 2 saturated heterocycles. The van der Waals surface area contributed by atoms with Gasteiger partial charge in [-0.05, 0) is 43.6 Å². The number of fused-ring (bicyclic) bond motifs is 1. The van der Waals surface area contributed by atoms with E-state index in [9.17, 15) is 9.59 Å². The van der Waals surface area contributed by atoms with E-state index in [1.165, 1.54) is 10.5 Å². The van der Waals surface area contributed by atoms with Gasteiger partial charge in [0.2, 0.25) is 11.8 Å². The van der Waals surface area contributed by atoms with E-state index in [2.05, 4.69) is 35.2 Å². The second kappa shape index (κ2) is 7.12. The van der Waals surface area contributed by atoms with Crippen molar-refractivity contribution < 1.29 is 9.59 Å². The molecular formula is C21H26N2O2. The van der Waals surface area contributed by atoms with Gasteiger partial charge in [0, 0.05) is 13.1 Å². The molecule has 2 heterocycles. The first-order valence-electron chi connectivity index (χ1n) is 9.49. The Kier molecular flexibility index (Phi) is 4.71. The summed E-state index contributed by atoms with van der Waals surface area (Å²) in [7, 11) is 0. The first-order valence-corrected chi connectivity index (χ1v) is 9.49. The summed E-state index contributed by atoms with van der Waals surface area (Å²) >= 11 is 0. The van der Waals surface area contributed by atoms with E-state index < -0.39 is 0 Å². The molecule has 2 fully saturated rings. The number of piperidine rings is 1. The Morgan fingerprint density at radius 3 is 2.08 bits per heavy atom. The van der Waals surface area contributed by atoms with Crippen molar-refractivity contribution in [1.82, 2.24) is 9.80 Å². The standard InChI is InChI=1S/C21H26N2O2/c24-20-18-8-4-5-9-19(18)21(25)23(20)15-22-12-10-17(11-13-22)14-16-6-2-1-3-7-16/h1-7,17-19H,8-15H2/t18-,19+. The maximum atomic E-state index is 12.6. The Bertz CT molecular complexity index is 636. The second-order valence-corrected chi connectivity index (χ2v) is 7.65. The number of hydrogen-bond acceptors (Lipinski definition) is 3. The molecule has 132 valence electrons. The Labute approximate surface area is 149 Å². The topological polar surface area (TPSA) is 40.6 Å². The highest BCUT2D eigenvalue weighted by molar-refractivity contribution is 6.05. The molecule has 0 N–H and O–H groups in total. The van der Waals surface area contributed by atoms with Crippen LogP contribution in [0.15, 0.2) is 42.5 Å². The van der Waals surface area contributed by atoms with Crippen LogP contribution in [0.25, 0.3) is 0 Å². The predicted molar refractivity (Wildman–Crippen MR) is 96.5 cm³/mol. The Morgan fingerprint density at radius 1 is 0.880 bits per heavy atom. The van der Waals surface area contributed by atoms with Crippen LogP contribution < -0.4 is 0 Å². The van der Waals surface area contributed by atoms with Crippen molar-refractivity contribution in [1.29, 1.82) is 0 Å². The fourth-order valence-electron chi connectivity index (χ4n) is 4.49. The van der Waals surface area contributed by atoms with Crippen molar-refractivity contribution in [2.24, 2.45) is 17.8 Å². The molecule has 1 aliphatic carbocycles. The number of imide groups is 1. The smallest absolute Gasteiger partial charge is 0.234 e. The van der Waals surface area contributed by atoms with Crippen LogP contribution in [0.5, 0.6) is 0 Å². The molecule has 1 aromatic carbocycles. The molecule has 1 aromatic rings. The summed E-state index contributed by atoms with van der Waals surface area (Å²) in [6, 6.07) is 10.7. The number of carbonyl (C=O) groups is 2. The van der Waals surface area contributed by atoms with Gasteiger partial charge >= 0.3 is 0 Å². The van der Waals surface area contributed by atoms with Crippen LogP contribution in [0, 0.1) is 17.8 Å². The number of amides is 2. The molecule has 2 amide bonds. The number of carbonyl (C=O) groups excluding carboxylic acids is 2. The average Bonchev–Trinajstić information content (AvgIpc) is 2.89. The molecule has 2 atom stereocenters. The lowest BCUT2D eigenvalue weighted by Crippen LogP contribution is -2.45. The van der Waals surface area contributed by atoms with Gasteiger partial charge in [-0.3, -0.25) is 19.4 Å². The van der Waals surface area contributed by atoms with Gasteiger partial charge in [-0.25, -0.2) is 0 Å². The van der Waals surface area contributed by atoms with Gasteiger partial charge < -0.3 is 0 Å². The van der Waals surface area contributed by atoms with Crippen LogP contribution in [0.2, 0.25) is 0 Å². The van der Waals surface area contributed by atoms with Crippen LogP contribution in [-0.2, 0) is 16.0 Å². The van der Waals surface area contributed by atoms with E-state index >= 15 is 0 Å². The van der Waals surface area contributed by atoms with E-state index in [1.54, 1.807) is 0 Å². The normalized spacial score (nSPS) is 27.8. The summed E-state index contributed by atoms with van der Waals surface area (Å²) in [5.74, 6) is 0.591. The third-order valence-corrected chi connectivity index (χ3v) is 6.01. The second-order valence-electron chi connectivity index (χ2n) is 7.65. The van der Waals surface area contributed by atoms with Crippen LogP contribution in [0.1, 0.15) is 31.2 Å². The molecule has 0 aromatic heterocycles. The molecule has 4 heteroatoms. The number of allylic oxidation sites excluding steroid dienone is 2. The van der Waals surface area contributed by atoms with Crippen LogP contribution in [-0.4, -0.2) is 41.4 Å². The Balaban J connectivity index is 1.30. The number of benzene rings is 1. The third kappa shape index (κ3) is 3.40. The molecule has 2 aliphatic heterocycles. The zero-order chi connectivity index (χ0) is 17.2. The Morgan fingerprint density at radius 2 is 1.48 bits per heavy atom. The third-order valence-electron chi connectivity index (χ3n) is 6.01. The number of likely N-dealkylation sites (tertiary alicyclic amines) is 2. The zero-order valence-corrected chi connectivity index (χ0v) is 14.6. The van der Waals surface area contributed by atoms with Crippen molar-refractivity contribution in [3.8, 4) is 0 Å². The summed E-state index contributed by atoms with van der Waals surface area (Å²) in [5.41, 5.74) is 1.41. The highest BCUT2D eigenvalue weighted by Crippen LogP contribution is 2.35. The molecule has 0 unspecified atom stereocenters. The minimum atomic E-state index is -0.104. The SMILES string of the molecule is O=C1[C@H]2CC=CC[C@H]2C(=O)N1CN1CCC(Cc2ccccc2)CC1. The van der Waals surface area contributed by atoms with Crippen molar-refractivity contribution in [3.63, 3.8) is 0 Å². The maximum Gasteiger partial charge on any atom is 0.234 e. The van der Waals surface area contributed by atoms with Crippen molar-refractivity contribution in [2.45, 2.75) is 32.1 Å². The van der Waals surface area contributed by atoms with Crippen molar-refractivity contribution >= 4 is 11.8 Å². The number of rotatable bonds is 4. The lowest BCUT2D eigenvalue weighted by atomic mass is 9.85. The van der Waals surface area contributed by atoms with E-state index in [1.807, 2.05) is 12.2 Å². The molecule has 0 radical (unpaired) electrons. The highest BCUT2D eigenvalue weighted by Gasteiger charge is 2.47. The van der Waals surface area contributed by atoms with E-state index in [-0.39, 0.29) is 23.7 Å². The molecule has 0 bridgehead atoms. The quantitative estimate of drug-likeness (QED) is 0.626. The fraction of sp³-hybridized carbons (Fsp3) is 0.524. The lowest BCUT2D eigenvalue weighted by Gasteiger charge is -2.34. The fourth-order valence-corrected chi connectivity index (χ4v) is 4.49. The van der Waals surface area contributed by atoms with E-state index in [0.29, 0.717) is 12.6 Å². The molecule has 0 spiro atoms. The molecule has 3 aliphatic rings. The molecule has 4 nitrogen and oxygen atoms in total. The van der Waals surface area contributed by atoms with E-state index in [0.717, 1.165) is 45.2 Å². The summed E-state index contributed by atoms with van der Waals surface area (Å²) in [6.45, 7) is 2.44. The van der Waals surface area contributed by atoms with Gasteiger partial charge in [-0.15, -0.1) is 0 Å². The van der Waals surface area contributed by atoms with Crippen LogP contribution in [0.3, 0.4) is 0 Å². The summed E-state index contributed by atoms with van der Waals surface area (Å²) in [4.78, 5) is 29.0. The first-order chi connectivity index (χ1) is 12.2. The molecule has 25 heavy (non-hydrogen) atoms. The number of hydrogen-bond donors (Lipinski definition) is 0.